The molecule has 0 heterocycles. The van der Waals surface area contributed by atoms with Crippen LogP contribution in [0.4, 0.5) is 0 Å². The lowest BCUT2D eigenvalue weighted by atomic mass is 10.0. The smallest absolute Gasteiger partial charge is 0.0410 e. The molecule has 2 aromatic rings. The van der Waals surface area contributed by atoms with Gasteiger partial charge in [0.2, 0.25) is 0 Å². The summed E-state index contributed by atoms with van der Waals surface area (Å²) < 4.78 is 2.07. The molecule has 0 radical (unpaired) electrons. The summed E-state index contributed by atoms with van der Waals surface area (Å²) in [7, 11) is 0. The normalized spacial score (nSPS) is 9.33. The number of hydrogen-bond donors (Lipinski definition) is 0. The highest BCUT2D eigenvalue weighted by molar-refractivity contribution is 9.11. The third-order valence-electron chi connectivity index (χ3n) is 2.59. The van der Waals surface area contributed by atoms with E-state index in [1.165, 1.54) is 0 Å². The maximum absolute atomic E-state index is 3.62. The molecule has 0 amide bonds. The Morgan fingerprint density at radius 2 is 1.11 bits per heavy atom. The first-order chi connectivity index (χ1) is 8.69. The predicted molar refractivity (Wildman–Crippen MR) is 84.5 cm³/mol. The molecule has 0 aliphatic carbocycles. The second kappa shape index (κ2) is 5.61. The van der Waals surface area contributed by atoms with E-state index in [0.717, 1.165) is 30.8 Å². The van der Waals surface area contributed by atoms with Gasteiger partial charge in [-0.1, -0.05) is 24.0 Å². The fourth-order valence-corrected chi connectivity index (χ4v) is 2.95. The molecule has 0 aliphatic heterocycles. The summed E-state index contributed by atoms with van der Waals surface area (Å²) in [6.07, 6.45) is 0. The Morgan fingerprint density at radius 3 is 1.44 bits per heavy atom. The van der Waals surface area contributed by atoms with Crippen molar-refractivity contribution >= 4 is 42.6 Å². The van der Waals surface area contributed by atoms with E-state index in [0.29, 0.717) is 0 Å². The van der Waals surface area contributed by atoms with Crippen LogP contribution in [-0.4, -0.2) is 0 Å². The standard InChI is InChI=1S/C16H10Br2/c1-3-5-11-7-9-14-13(15(11)17)10-8-12(6-4-2)16(14)18/h7-10H,1-2H3. The lowest BCUT2D eigenvalue weighted by molar-refractivity contribution is 1.60. The molecule has 0 spiro atoms. The Hall–Kier alpha value is -1.22. The molecule has 0 saturated heterocycles. The van der Waals surface area contributed by atoms with E-state index < -0.39 is 0 Å². The molecule has 0 unspecified atom stereocenters. The van der Waals surface area contributed by atoms with Crippen LogP contribution >= 0.6 is 31.9 Å². The van der Waals surface area contributed by atoms with Crippen LogP contribution in [0.3, 0.4) is 0 Å². The second-order valence-electron chi connectivity index (χ2n) is 3.70. The minimum absolute atomic E-state index is 1.01. The zero-order valence-electron chi connectivity index (χ0n) is 10.1. The van der Waals surface area contributed by atoms with Gasteiger partial charge in [0.15, 0.2) is 0 Å². The van der Waals surface area contributed by atoms with Gasteiger partial charge in [0.1, 0.15) is 0 Å². The summed E-state index contributed by atoms with van der Waals surface area (Å²) in [6, 6.07) is 8.20. The van der Waals surface area contributed by atoms with Gasteiger partial charge in [-0.15, -0.1) is 11.8 Å². The van der Waals surface area contributed by atoms with Crippen LogP contribution in [-0.2, 0) is 0 Å². The van der Waals surface area contributed by atoms with Crippen LogP contribution in [0.15, 0.2) is 33.2 Å². The van der Waals surface area contributed by atoms with E-state index in [1.807, 2.05) is 26.0 Å². The highest BCUT2D eigenvalue weighted by atomic mass is 79.9. The molecule has 18 heavy (non-hydrogen) atoms. The highest BCUT2D eigenvalue weighted by Gasteiger charge is 2.08. The van der Waals surface area contributed by atoms with Crippen molar-refractivity contribution in [1.29, 1.82) is 0 Å². The Morgan fingerprint density at radius 1 is 0.722 bits per heavy atom. The Kier molecular flexibility index (Phi) is 4.12. The van der Waals surface area contributed by atoms with Crippen molar-refractivity contribution in [2.75, 3.05) is 0 Å². The van der Waals surface area contributed by atoms with Gasteiger partial charge in [-0.25, -0.2) is 0 Å². The van der Waals surface area contributed by atoms with E-state index in [2.05, 4.69) is 67.7 Å². The van der Waals surface area contributed by atoms with Gasteiger partial charge in [0.25, 0.3) is 0 Å². The van der Waals surface area contributed by atoms with Crippen LogP contribution in [0.5, 0.6) is 0 Å². The molecule has 88 valence electrons. The molecular formula is C16H10Br2. The minimum Gasteiger partial charge on any atom is -0.101 e. The molecule has 0 bridgehead atoms. The number of benzene rings is 2. The van der Waals surface area contributed by atoms with Gasteiger partial charge in [0, 0.05) is 20.1 Å². The van der Waals surface area contributed by atoms with Gasteiger partial charge in [0.05, 0.1) is 0 Å². The predicted octanol–water partition coefficient (Wildman–Crippen LogP) is 5.11. The second-order valence-corrected chi connectivity index (χ2v) is 5.29. The molecule has 0 aliphatic rings. The highest BCUT2D eigenvalue weighted by Crippen LogP contribution is 2.33. The molecule has 2 heteroatoms. The summed E-state index contributed by atoms with van der Waals surface area (Å²) in [5.74, 6) is 12.0. The number of fused-ring (bicyclic) bond motifs is 1. The van der Waals surface area contributed by atoms with Gasteiger partial charge >= 0.3 is 0 Å². The molecule has 0 aromatic heterocycles. The van der Waals surface area contributed by atoms with Crippen molar-refractivity contribution in [1.82, 2.24) is 0 Å². The van der Waals surface area contributed by atoms with E-state index >= 15 is 0 Å². The number of halogens is 2. The third kappa shape index (κ3) is 2.32. The molecule has 2 aromatic carbocycles. The van der Waals surface area contributed by atoms with Crippen molar-refractivity contribution in [3.05, 3.63) is 44.3 Å². The zero-order valence-corrected chi connectivity index (χ0v) is 13.2. The lowest BCUT2D eigenvalue weighted by Gasteiger charge is -2.07. The average molecular weight is 362 g/mol. The van der Waals surface area contributed by atoms with Crippen LogP contribution in [0, 0.1) is 23.7 Å². The zero-order chi connectivity index (χ0) is 13.1. The number of hydrogen-bond acceptors (Lipinski definition) is 0. The fraction of sp³-hybridized carbons (Fsp3) is 0.125. The van der Waals surface area contributed by atoms with Crippen LogP contribution in [0.25, 0.3) is 10.8 Å². The van der Waals surface area contributed by atoms with E-state index in [-0.39, 0.29) is 0 Å². The quantitative estimate of drug-likeness (QED) is 0.572. The molecule has 0 nitrogen and oxygen atoms in total. The summed E-state index contributed by atoms with van der Waals surface area (Å²) in [6.45, 7) is 3.68. The first-order valence-electron chi connectivity index (χ1n) is 5.45. The van der Waals surface area contributed by atoms with Crippen molar-refractivity contribution in [2.45, 2.75) is 13.8 Å². The minimum atomic E-state index is 1.01. The summed E-state index contributed by atoms with van der Waals surface area (Å²) >= 11 is 7.24. The first kappa shape index (κ1) is 13.2. The van der Waals surface area contributed by atoms with E-state index in [4.69, 9.17) is 0 Å². The van der Waals surface area contributed by atoms with Gasteiger partial charge in [-0.3, -0.25) is 0 Å². The van der Waals surface area contributed by atoms with Crippen LogP contribution < -0.4 is 0 Å². The van der Waals surface area contributed by atoms with Crippen molar-refractivity contribution in [3.63, 3.8) is 0 Å². The topological polar surface area (TPSA) is 0 Å². The van der Waals surface area contributed by atoms with Crippen LogP contribution in [0.2, 0.25) is 0 Å². The SMILES string of the molecule is CC#Cc1ccc2c(Br)c(C#CC)ccc2c1Br. The van der Waals surface area contributed by atoms with E-state index in [1.54, 1.807) is 0 Å². The maximum Gasteiger partial charge on any atom is 0.0410 e. The summed E-state index contributed by atoms with van der Waals surface area (Å²) in [4.78, 5) is 0. The average Bonchev–Trinajstić information content (AvgIpc) is 2.37. The van der Waals surface area contributed by atoms with Gasteiger partial charge in [-0.05, 0) is 68.6 Å². The summed E-state index contributed by atoms with van der Waals surface area (Å²) in [5, 5.41) is 2.28. The van der Waals surface area contributed by atoms with Crippen molar-refractivity contribution in [2.24, 2.45) is 0 Å². The fourth-order valence-electron chi connectivity index (χ4n) is 1.79. The molecular weight excluding hydrogens is 352 g/mol. The summed E-state index contributed by atoms with van der Waals surface area (Å²) in [5.41, 5.74) is 2.01. The van der Waals surface area contributed by atoms with Crippen LogP contribution in [0.1, 0.15) is 25.0 Å². The monoisotopic (exact) mass is 360 g/mol. The third-order valence-corrected chi connectivity index (χ3v) is 4.30. The molecule has 0 N–H and O–H groups in total. The van der Waals surface area contributed by atoms with Crippen molar-refractivity contribution in [3.8, 4) is 23.7 Å². The number of rotatable bonds is 0. The van der Waals surface area contributed by atoms with E-state index in [9.17, 15) is 0 Å². The maximum atomic E-state index is 3.62. The molecule has 0 atom stereocenters. The Balaban J connectivity index is 2.80. The first-order valence-corrected chi connectivity index (χ1v) is 7.04. The van der Waals surface area contributed by atoms with Gasteiger partial charge < -0.3 is 0 Å². The molecule has 0 saturated carbocycles. The van der Waals surface area contributed by atoms with Crippen molar-refractivity contribution < 1.29 is 0 Å². The largest absolute Gasteiger partial charge is 0.101 e. The molecule has 2 rings (SSSR count). The molecule has 0 fully saturated rings. The Labute approximate surface area is 124 Å². The lowest BCUT2D eigenvalue weighted by Crippen LogP contribution is -1.85. The Bertz CT molecular complexity index is 669. The van der Waals surface area contributed by atoms with Gasteiger partial charge in [-0.2, -0.15) is 0 Å².